The summed E-state index contributed by atoms with van der Waals surface area (Å²) < 4.78 is 59.6. The van der Waals surface area contributed by atoms with E-state index in [4.69, 9.17) is 4.74 Å². The van der Waals surface area contributed by atoms with Gasteiger partial charge in [-0.1, -0.05) is 18.2 Å². The summed E-state index contributed by atoms with van der Waals surface area (Å²) in [5.74, 6) is -1.25. The van der Waals surface area contributed by atoms with Crippen molar-refractivity contribution in [2.24, 2.45) is 0 Å². The molecular formula is C23H26F4N4O2. The van der Waals surface area contributed by atoms with Gasteiger partial charge in [0.2, 0.25) is 0 Å². The number of aromatic nitrogens is 2. The van der Waals surface area contributed by atoms with Crippen molar-refractivity contribution in [1.82, 2.24) is 15.3 Å². The first-order valence-electron chi connectivity index (χ1n) is 10.6. The maximum absolute atomic E-state index is 14.7. The topological polar surface area (TPSA) is 76.1 Å². The number of benzene rings is 1. The molecule has 0 aliphatic heterocycles. The zero-order valence-electron chi connectivity index (χ0n) is 18.6. The highest BCUT2D eigenvalue weighted by Crippen LogP contribution is 2.37. The number of nitrogens with zero attached hydrogens (tertiary/aromatic N) is 2. The normalized spacial score (nSPS) is 15.5. The minimum absolute atomic E-state index is 0.00995. The smallest absolute Gasteiger partial charge is 0.266 e. The van der Waals surface area contributed by atoms with Crippen LogP contribution in [0, 0.1) is 12.7 Å². The lowest BCUT2D eigenvalue weighted by Gasteiger charge is -2.21. The fraction of sp³-hybridized carbons (Fsp3) is 0.435. The monoisotopic (exact) mass is 466 g/mol. The Bertz CT molecular complexity index is 1040. The van der Waals surface area contributed by atoms with Crippen LogP contribution >= 0.6 is 0 Å². The Morgan fingerprint density at radius 1 is 1.27 bits per heavy atom. The Morgan fingerprint density at radius 2 is 1.97 bits per heavy atom. The predicted molar refractivity (Wildman–Crippen MR) is 116 cm³/mol. The molecular weight excluding hydrogens is 440 g/mol. The Morgan fingerprint density at radius 3 is 2.58 bits per heavy atom. The molecule has 1 aliphatic rings. The van der Waals surface area contributed by atoms with Crippen LogP contribution in [0.2, 0.25) is 0 Å². The highest BCUT2D eigenvalue weighted by molar-refractivity contribution is 6.02. The number of hydrogen-bond donors (Lipinski definition) is 2. The van der Waals surface area contributed by atoms with E-state index in [9.17, 15) is 22.4 Å². The van der Waals surface area contributed by atoms with Gasteiger partial charge in [0.15, 0.2) is 0 Å². The number of halogens is 4. The summed E-state index contributed by atoms with van der Waals surface area (Å²) in [7, 11) is 0. The fourth-order valence-corrected chi connectivity index (χ4v) is 3.35. The second-order valence-electron chi connectivity index (χ2n) is 7.92. The first-order chi connectivity index (χ1) is 15.7. The maximum atomic E-state index is 14.7. The Balaban J connectivity index is 2.01. The summed E-state index contributed by atoms with van der Waals surface area (Å²) in [5, 5.41) is 5.64. The molecule has 6 nitrogen and oxygen atoms in total. The number of anilines is 1. The van der Waals surface area contributed by atoms with E-state index in [1.807, 2.05) is 0 Å². The van der Waals surface area contributed by atoms with Crippen molar-refractivity contribution in [1.29, 1.82) is 0 Å². The molecule has 33 heavy (non-hydrogen) atoms. The Hall–Kier alpha value is -3.17. The van der Waals surface area contributed by atoms with Gasteiger partial charge in [-0.2, -0.15) is 0 Å². The third-order valence-electron chi connectivity index (χ3n) is 5.37. The quantitative estimate of drug-likeness (QED) is 0.368. The molecule has 2 N–H and O–H groups in total. The average molecular weight is 466 g/mol. The Labute approximate surface area is 189 Å². The number of carbonyl (C=O) groups is 1. The second-order valence-corrected chi connectivity index (χ2v) is 7.92. The van der Waals surface area contributed by atoms with E-state index in [2.05, 4.69) is 20.6 Å². The molecule has 3 rings (SSSR count). The van der Waals surface area contributed by atoms with Crippen LogP contribution < -0.4 is 10.6 Å². The van der Waals surface area contributed by atoms with Gasteiger partial charge in [-0.3, -0.25) is 4.79 Å². The lowest BCUT2D eigenvalue weighted by atomic mass is 10.0. The number of ether oxygens (including phenoxy) is 1. The summed E-state index contributed by atoms with van der Waals surface area (Å²) in [5.41, 5.74) is -1.39. The van der Waals surface area contributed by atoms with Crippen molar-refractivity contribution < 1.29 is 27.1 Å². The van der Waals surface area contributed by atoms with Gasteiger partial charge in [-0.25, -0.2) is 27.5 Å². The van der Waals surface area contributed by atoms with Gasteiger partial charge in [0.25, 0.3) is 12.3 Å². The molecule has 0 saturated heterocycles. The van der Waals surface area contributed by atoms with Gasteiger partial charge in [0.05, 0.1) is 35.7 Å². The van der Waals surface area contributed by atoms with Gasteiger partial charge < -0.3 is 15.4 Å². The van der Waals surface area contributed by atoms with E-state index >= 15 is 0 Å². The summed E-state index contributed by atoms with van der Waals surface area (Å²) in [4.78, 5) is 21.7. The SMILES string of the molecule is CCOC=Cc1nc(C)nc(NC(C)c2cccc(C(F)F)c2F)c1C(=O)NC1(CF)CC1. The molecule has 178 valence electrons. The number of amides is 1. The standard InChI is InChI=1S/C23H26F4N4O2/c1-4-33-11-8-17-18(22(32)31-23(12-24)9-10-23)21(30-14(3)29-17)28-13(2)15-6-5-7-16(19(15)25)20(26)27/h5-8,11,13,20H,4,9-10,12H2,1-3H3,(H,31,32)(H,28,29,30). The zero-order chi connectivity index (χ0) is 24.2. The molecule has 1 fully saturated rings. The van der Waals surface area contributed by atoms with Crippen LogP contribution in [0.4, 0.5) is 23.4 Å². The summed E-state index contributed by atoms with van der Waals surface area (Å²) >= 11 is 0. The molecule has 1 heterocycles. The van der Waals surface area contributed by atoms with Crippen molar-refractivity contribution in [3.63, 3.8) is 0 Å². The van der Waals surface area contributed by atoms with Gasteiger partial charge in [-0.05, 0) is 39.7 Å². The van der Waals surface area contributed by atoms with Crippen LogP contribution in [0.5, 0.6) is 0 Å². The van der Waals surface area contributed by atoms with Crippen molar-refractivity contribution in [2.45, 2.75) is 51.6 Å². The third kappa shape index (κ3) is 5.61. The third-order valence-corrected chi connectivity index (χ3v) is 5.37. The predicted octanol–water partition coefficient (Wildman–Crippen LogP) is 5.27. The van der Waals surface area contributed by atoms with E-state index in [0.29, 0.717) is 25.3 Å². The summed E-state index contributed by atoms with van der Waals surface area (Å²) in [6.07, 6.45) is 0.911. The molecule has 1 aromatic heterocycles. The molecule has 0 radical (unpaired) electrons. The number of aryl methyl sites for hydroxylation is 1. The van der Waals surface area contributed by atoms with Crippen molar-refractivity contribution in [3.8, 4) is 0 Å². The average Bonchev–Trinajstić information content (AvgIpc) is 3.53. The lowest BCUT2D eigenvalue weighted by molar-refractivity contribution is 0.0923. The molecule has 1 amide bonds. The van der Waals surface area contributed by atoms with Gasteiger partial charge >= 0.3 is 0 Å². The zero-order valence-corrected chi connectivity index (χ0v) is 18.6. The number of nitrogens with one attached hydrogen (secondary N) is 2. The van der Waals surface area contributed by atoms with Crippen LogP contribution in [0.3, 0.4) is 0 Å². The molecule has 1 aromatic carbocycles. The van der Waals surface area contributed by atoms with Crippen LogP contribution in [0.15, 0.2) is 24.5 Å². The molecule has 0 bridgehead atoms. The van der Waals surface area contributed by atoms with Crippen LogP contribution in [0.25, 0.3) is 6.08 Å². The van der Waals surface area contributed by atoms with E-state index < -0.39 is 42.0 Å². The minimum Gasteiger partial charge on any atom is -0.501 e. The molecule has 0 spiro atoms. The van der Waals surface area contributed by atoms with Gasteiger partial charge in [0, 0.05) is 5.56 Å². The maximum Gasteiger partial charge on any atom is 0.266 e. The van der Waals surface area contributed by atoms with Gasteiger partial charge in [0.1, 0.15) is 29.7 Å². The fourth-order valence-electron chi connectivity index (χ4n) is 3.35. The number of hydrogen-bond acceptors (Lipinski definition) is 5. The first-order valence-corrected chi connectivity index (χ1v) is 10.6. The molecule has 2 aromatic rings. The summed E-state index contributed by atoms with van der Waals surface area (Å²) in [6, 6.07) is 2.92. The number of alkyl halides is 3. The molecule has 10 heteroatoms. The van der Waals surface area contributed by atoms with E-state index in [-0.39, 0.29) is 22.6 Å². The van der Waals surface area contributed by atoms with E-state index in [0.717, 1.165) is 6.07 Å². The Kier molecular flexibility index (Phi) is 7.55. The minimum atomic E-state index is -2.97. The van der Waals surface area contributed by atoms with Crippen LogP contribution in [-0.2, 0) is 4.74 Å². The molecule has 1 saturated carbocycles. The number of carbonyl (C=O) groups excluding carboxylic acids is 1. The molecule has 1 atom stereocenters. The van der Waals surface area contributed by atoms with E-state index in [1.165, 1.54) is 24.5 Å². The summed E-state index contributed by atoms with van der Waals surface area (Å²) in [6.45, 7) is 4.65. The van der Waals surface area contributed by atoms with Crippen LogP contribution in [0.1, 0.15) is 72.2 Å². The van der Waals surface area contributed by atoms with E-state index in [1.54, 1.807) is 20.8 Å². The van der Waals surface area contributed by atoms with Crippen LogP contribution in [-0.4, -0.2) is 34.7 Å². The van der Waals surface area contributed by atoms with Crippen molar-refractivity contribution in [3.05, 3.63) is 58.5 Å². The largest absolute Gasteiger partial charge is 0.501 e. The molecule has 1 aliphatic carbocycles. The van der Waals surface area contributed by atoms with Crippen molar-refractivity contribution in [2.75, 3.05) is 18.6 Å². The van der Waals surface area contributed by atoms with Crippen molar-refractivity contribution >= 4 is 17.8 Å². The first kappa shape index (κ1) is 24.5. The molecule has 1 unspecified atom stereocenters. The lowest BCUT2D eigenvalue weighted by Crippen LogP contribution is -2.39. The second kappa shape index (κ2) is 10.2. The number of rotatable bonds is 10. The highest BCUT2D eigenvalue weighted by Gasteiger charge is 2.45. The van der Waals surface area contributed by atoms with Gasteiger partial charge in [-0.15, -0.1) is 0 Å². The highest BCUT2D eigenvalue weighted by atomic mass is 19.3.